The van der Waals surface area contributed by atoms with Gasteiger partial charge in [0.15, 0.2) is 0 Å². The number of aromatic nitrogens is 3. The largest absolute Gasteiger partial charge is 0.324 e. The minimum atomic E-state index is 0.472. The van der Waals surface area contributed by atoms with Gasteiger partial charge in [-0.05, 0) is 50.0 Å². The number of hydrogen-bond donors (Lipinski definition) is 0. The van der Waals surface area contributed by atoms with E-state index < -0.39 is 0 Å². The van der Waals surface area contributed by atoms with E-state index in [1.807, 2.05) is 12.4 Å². The van der Waals surface area contributed by atoms with Gasteiger partial charge in [0.05, 0.1) is 17.6 Å². The van der Waals surface area contributed by atoms with Crippen molar-refractivity contribution >= 4 is 22.6 Å². The third kappa shape index (κ3) is 1.79. The Kier molecular flexibility index (Phi) is 2.99. The van der Waals surface area contributed by atoms with Gasteiger partial charge in [0.25, 0.3) is 0 Å². The van der Waals surface area contributed by atoms with Crippen LogP contribution in [0.1, 0.15) is 44.5 Å². The fourth-order valence-corrected chi connectivity index (χ4v) is 4.81. The minimum absolute atomic E-state index is 0.472. The Morgan fingerprint density at radius 3 is 3.00 bits per heavy atom. The molecule has 2 fully saturated rings. The maximum Gasteiger partial charge on any atom is 0.125 e. The van der Waals surface area contributed by atoms with Crippen molar-refractivity contribution in [3.05, 3.63) is 24.3 Å². The molecule has 0 radical (unpaired) electrons. The van der Waals surface area contributed by atoms with Crippen LogP contribution in [0.5, 0.6) is 0 Å². The second-order valence-electron chi connectivity index (χ2n) is 6.48. The van der Waals surface area contributed by atoms with Gasteiger partial charge in [0.1, 0.15) is 11.3 Å². The summed E-state index contributed by atoms with van der Waals surface area (Å²) in [6.07, 6.45) is 9.40. The zero-order valence-electron chi connectivity index (χ0n) is 11.8. The molecule has 3 nitrogen and oxygen atoms in total. The Labute approximate surface area is 124 Å². The lowest BCUT2D eigenvalue weighted by molar-refractivity contribution is 0.243. The fraction of sp³-hybridized carbons (Fsp3) is 0.625. The molecule has 2 bridgehead atoms. The Morgan fingerprint density at radius 1 is 1.40 bits per heavy atom. The summed E-state index contributed by atoms with van der Waals surface area (Å²) in [6.45, 7) is 2.35. The Hall–Kier alpha value is -1.09. The summed E-state index contributed by atoms with van der Waals surface area (Å²) in [7, 11) is 0. The first kappa shape index (κ1) is 12.6. The lowest BCUT2D eigenvalue weighted by Gasteiger charge is -2.30. The summed E-state index contributed by atoms with van der Waals surface area (Å²) < 4.78 is 2.37. The highest BCUT2D eigenvalue weighted by molar-refractivity contribution is 6.16. The molecule has 2 saturated carbocycles. The predicted molar refractivity (Wildman–Crippen MR) is 80.7 cm³/mol. The standard InChI is InChI=1S/C16H20ClN3/c1-10(13-7-11-2-3-12(13)6-11)20-15-4-5-18-9-14(15)19-16(20)8-17/h4-5,9-13H,2-3,6-8H2,1H3. The number of halogens is 1. The van der Waals surface area contributed by atoms with Crippen LogP contribution < -0.4 is 0 Å². The number of pyridine rings is 1. The molecule has 0 spiro atoms. The second-order valence-corrected chi connectivity index (χ2v) is 6.74. The number of nitrogens with zero attached hydrogens (tertiary/aromatic N) is 3. The van der Waals surface area contributed by atoms with E-state index in [1.165, 1.54) is 31.2 Å². The summed E-state index contributed by atoms with van der Waals surface area (Å²) in [6, 6.07) is 2.56. The minimum Gasteiger partial charge on any atom is -0.324 e. The van der Waals surface area contributed by atoms with Crippen molar-refractivity contribution in [2.75, 3.05) is 0 Å². The van der Waals surface area contributed by atoms with E-state index in [2.05, 4.69) is 27.5 Å². The zero-order chi connectivity index (χ0) is 13.7. The molecule has 2 aromatic rings. The molecule has 2 heterocycles. The van der Waals surface area contributed by atoms with Crippen molar-refractivity contribution in [3.63, 3.8) is 0 Å². The highest BCUT2D eigenvalue weighted by Crippen LogP contribution is 2.52. The van der Waals surface area contributed by atoms with Gasteiger partial charge in [-0.25, -0.2) is 4.98 Å². The summed E-state index contributed by atoms with van der Waals surface area (Å²) in [5.74, 6) is 4.15. The van der Waals surface area contributed by atoms with E-state index in [4.69, 9.17) is 11.6 Å². The van der Waals surface area contributed by atoms with Crippen LogP contribution in [0, 0.1) is 17.8 Å². The maximum absolute atomic E-state index is 6.13. The van der Waals surface area contributed by atoms with Gasteiger partial charge in [-0.2, -0.15) is 0 Å². The second kappa shape index (κ2) is 4.73. The molecule has 20 heavy (non-hydrogen) atoms. The lowest BCUT2D eigenvalue weighted by Crippen LogP contribution is -2.23. The highest BCUT2D eigenvalue weighted by Gasteiger charge is 2.42. The third-order valence-electron chi connectivity index (χ3n) is 5.50. The van der Waals surface area contributed by atoms with Crippen molar-refractivity contribution in [3.8, 4) is 0 Å². The van der Waals surface area contributed by atoms with Crippen molar-refractivity contribution in [1.29, 1.82) is 0 Å². The van der Waals surface area contributed by atoms with Crippen molar-refractivity contribution in [1.82, 2.24) is 14.5 Å². The zero-order valence-corrected chi connectivity index (χ0v) is 12.6. The summed E-state index contributed by atoms with van der Waals surface area (Å²) in [5, 5.41) is 0. The van der Waals surface area contributed by atoms with E-state index in [0.717, 1.165) is 29.1 Å². The number of hydrogen-bond acceptors (Lipinski definition) is 2. The molecule has 2 aromatic heterocycles. The molecule has 4 atom stereocenters. The average molecular weight is 290 g/mol. The molecule has 106 valence electrons. The van der Waals surface area contributed by atoms with E-state index in [9.17, 15) is 0 Å². The van der Waals surface area contributed by atoms with Crippen LogP contribution >= 0.6 is 11.6 Å². The van der Waals surface area contributed by atoms with Crippen molar-refractivity contribution in [2.45, 2.75) is 44.5 Å². The van der Waals surface area contributed by atoms with Crippen LogP contribution in [0.4, 0.5) is 0 Å². The molecule has 0 amide bonds. The smallest absolute Gasteiger partial charge is 0.125 e. The van der Waals surface area contributed by atoms with Crippen LogP contribution in [-0.2, 0) is 5.88 Å². The Balaban J connectivity index is 1.77. The molecule has 4 unspecified atom stereocenters. The molecule has 0 aromatic carbocycles. The van der Waals surface area contributed by atoms with Crippen LogP contribution in [-0.4, -0.2) is 14.5 Å². The first-order valence-electron chi connectivity index (χ1n) is 7.64. The van der Waals surface area contributed by atoms with Crippen LogP contribution in [0.25, 0.3) is 11.0 Å². The van der Waals surface area contributed by atoms with Crippen LogP contribution in [0.15, 0.2) is 18.5 Å². The third-order valence-corrected chi connectivity index (χ3v) is 5.74. The van der Waals surface area contributed by atoms with Gasteiger partial charge in [-0.15, -0.1) is 11.6 Å². The van der Waals surface area contributed by atoms with Gasteiger partial charge < -0.3 is 4.57 Å². The first-order chi connectivity index (χ1) is 9.78. The van der Waals surface area contributed by atoms with E-state index in [1.54, 1.807) is 0 Å². The quantitative estimate of drug-likeness (QED) is 0.794. The van der Waals surface area contributed by atoms with Gasteiger partial charge in [0.2, 0.25) is 0 Å². The first-order valence-corrected chi connectivity index (χ1v) is 8.18. The van der Waals surface area contributed by atoms with E-state index in [0.29, 0.717) is 11.9 Å². The molecule has 4 heteroatoms. The fourth-order valence-electron chi connectivity index (χ4n) is 4.63. The molecule has 2 aliphatic rings. The Morgan fingerprint density at radius 2 is 2.30 bits per heavy atom. The Bertz CT molecular complexity index is 636. The van der Waals surface area contributed by atoms with Crippen LogP contribution in [0.3, 0.4) is 0 Å². The number of alkyl halides is 1. The average Bonchev–Trinajstić information content (AvgIpc) is 3.18. The van der Waals surface area contributed by atoms with Gasteiger partial charge >= 0.3 is 0 Å². The SMILES string of the molecule is CC(C1CC2CCC1C2)n1c(CCl)nc2cnccc21. The summed E-state index contributed by atoms with van der Waals surface area (Å²) in [4.78, 5) is 8.83. The molecule has 0 N–H and O–H groups in total. The molecule has 0 aliphatic heterocycles. The van der Waals surface area contributed by atoms with Crippen molar-refractivity contribution < 1.29 is 0 Å². The van der Waals surface area contributed by atoms with Gasteiger partial charge in [0, 0.05) is 12.2 Å². The lowest BCUT2D eigenvalue weighted by atomic mass is 9.84. The number of fused-ring (bicyclic) bond motifs is 3. The summed E-state index contributed by atoms with van der Waals surface area (Å²) in [5.41, 5.74) is 2.16. The van der Waals surface area contributed by atoms with Crippen molar-refractivity contribution in [2.24, 2.45) is 17.8 Å². The topological polar surface area (TPSA) is 30.7 Å². The molecule has 2 aliphatic carbocycles. The number of rotatable bonds is 3. The predicted octanol–water partition coefficient (Wildman–Crippen LogP) is 4.17. The number of imidazole rings is 1. The van der Waals surface area contributed by atoms with E-state index >= 15 is 0 Å². The molecular weight excluding hydrogens is 270 g/mol. The van der Waals surface area contributed by atoms with Gasteiger partial charge in [-0.3, -0.25) is 4.98 Å². The monoisotopic (exact) mass is 289 g/mol. The summed E-state index contributed by atoms with van der Waals surface area (Å²) >= 11 is 6.13. The molecular formula is C16H20ClN3. The molecule has 0 saturated heterocycles. The van der Waals surface area contributed by atoms with E-state index in [-0.39, 0.29) is 0 Å². The normalized spacial score (nSPS) is 30.2. The highest BCUT2D eigenvalue weighted by atomic mass is 35.5. The molecule has 4 rings (SSSR count). The van der Waals surface area contributed by atoms with Crippen LogP contribution in [0.2, 0.25) is 0 Å². The van der Waals surface area contributed by atoms with Gasteiger partial charge in [-0.1, -0.05) is 6.42 Å². The maximum atomic E-state index is 6.13.